The Bertz CT molecular complexity index is 1430. The maximum Gasteiger partial charge on any atom is 0.416 e. The van der Waals surface area contributed by atoms with Gasteiger partial charge >= 0.3 is 12.2 Å². The number of benzene rings is 3. The van der Waals surface area contributed by atoms with E-state index in [0.717, 1.165) is 14.3 Å². The standard InChI is InChI=1S/C28H24BrIN4O5/c29-18-25(33-26(35)24-9-3-4-15-31-24)39-28(37)34(21-13-11-20(30)12-14-21)16-17-38-27(36)32-23-10-5-7-19-6-1-2-8-22(19)23/h1-15,25H,16-18H2,(H,32,36)(H,33,35). The molecule has 1 heterocycles. The molecule has 0 aliphatic rings. The normalized spacial score (nSPS) is 11.3. The van der Waals surface area contributed by atoms with Crippen LogP contribution in [0.3, 0.4) is 0 Å². The second-order valence-electron chi connectivity index (χ2n) is 8.13. The number of hydrogen-bond donors (Lipinski definition) is 2. The van der Waals surface area contributed by atoms with E-state index in [9.17, 15) is 14.4 Å². The summed E-state index contributed by atoms with van der Waals surface area (Å²) in [4.78, 5) is 43.6. The van der Waals surface area contributed by atoms with Crippen LogP contribution in [0.25, 0.3) is 10.8 Å². The van der Waals surface area contributed by atoms with Gasteiger partial charge in [-0.2, -0.15) is 0 Å². The van der Waals surface area contributed by atoms with Crippen LogP contribution in [0.4, 0.5) is 21.0 Å². The summed E-state index contributed by atoms with van der Waals surface area (Å²) in [5.41, 5.74) is 1.36. The van der Waals surface area contributed by atoms with Crippen molar-refractivity contribution >= 4 is 78.8 Å². The third kappa shape index (κ3) is 7.90. The van der Waals surface area contributed by atoms with Crippen molar-refractivity contribution in [2.75, 3.05) is 28.7 Å². The van der Waals surface area contributed by atoms with Gasteiger partial charge in [0.05, 0.1) is 17.6 Å². The number of amides is 3. The van der Waals surface area contributed by atoms with Crippen LogP contribution < -0.4 is 15.5 Å². The van der Waals surface area contributed by atoms with Crippen molar-refractivity contribution in [2.45, 2.75) is 6.23 Å². The number of rotatable bonds is 9. The highest BCUT2D eigenvalue weighted by atomic mass is 127. The molecular formula is C28H24BrIN4O5. The number of anilines is 2. The SMILES string of the molecule is O=C(Nc1cccc2ccccc12)OCCN(C(=O)OC(CBr)NC(=O)c1ccccn1)c1ccc(I)cc1. The Balaban J connectivity index is 1.39. The Hall–Kier alpha value is -3.71. The molecule has 9 nitrogen and oxygen atoms in total. The van der Waals surface area contributed by atoms with Crippen LogP contribution in [0.2, 0.25) is 0 Å². The van der Waals surface area contributed by atoms with Gasteiger partial charge in [0, 0.05) is 20.8 Å². The van der Waals surface area contributed by atoms with Gasteiger partial charge in [0.1, 0.15) is 12.3 Å². The zero-order valence-electron chi connectivity index (χ0n) is 20.6. The molecule has 0 aliphatic carbocycles. The van der Waals surface area contributed by atoms with Crippen molar-refractivity contribution in [1.29, 1.82) is 0 Å². The summed E-state index contributed by atoms with van der Waals surface area (Å²) in [6.45, 7) is -0.0808. The number of alkyl halides is 1. The Labute approximate surface area is 247 Å². The minimum Gasteiger partial charge on any atom is -0.447 e. The fraction of sp³-hybridized carbons (Fsp3) is 0.143. The largest absolute Gasteiger partial charge is 0.447 e. The first-order valence-corrected chi connectivity index (χ1v) is 14.1. The second-order valence-corrected chi connectivity index (χ2v) is 10.0. The molecule has 0 fully saturated rings. The molecule has 0 spiro atoms. The van der Waals surface area contributed by atoms with E-state index in [1.807, 2.05) is 48.5 Å². The van der Waals surface area contributed by atoms with Gasteiger partial charge in [-0.05, 0) is 70.4 Å². The quantitative estimate of drug-likeness (QED) is 0.123. The van der Waals surface area contributed by atoms with Crippen molar-refractivity contribution < 1.29 is 23.9 Å². The predicted octanol–water partition coefficient (Wildman–Crippen LogP) is 6.18. The molecule has 0 aliphatic heterocycles. The zero-order chi connectivity index (χ0) is 27.6. The fourth-order valence-electron chi connectivity index (χ4n) is 3.66. The van der Waals surface area contributed by atoms with Crippen molar-refractivity contribution in [3.63, 3.8) is 0 Å². The third-order valence-corrected chi connectivity index (χ3v) is 6.81. The molecule has 39 heavy (non-hydrogen) atoms. The van der Waals surface area contributed by atoms with Crippen LogP contribution in [0.5, 0.6) is 0 Å². The summed E-state index contributed by atoms with van der Waals surface area (Å²) in [6, 6.07) is 25.4. The van der Waals surface area contributed by atoms with Crippen molar-refractivity contribution in [3.05, 3.63) is 100 Å². The molecule has 3 aromatic carbocycles. The Morgan fingerprint density at radius 1 is 0.949 bits per heavy atom. The van der Waals surface area contributed by atoms with E-state index >= 15 is 0 Å². The molecule has 0 bridgehead atoms. The van der Waals surface area contributed by atoms with Gasteiger partial charge in [-0.15, -0.1) is 0 Å². The number of ether oxygens (including phenoxy) is 2. The Morgan fingerprint density at radius 2 is 1.69 bits per heavy atom. The van der Waals surface area contributed by atoms with E-state index in [2.05, 4.69) is 54.1 Å². The lowest BCUT2D eigenvalue weighted by Gasteiger charge is -2.25. The third-order valence-electron chi connectivity index (χ3n) is 5.51. The summed E-state index contributed by atoms with van der Waals surface area (Å²) >= 11 is 5.43. The Kier molecular flexibility index (Phi) is 10.1. The van der Waals surface area contributed by atoms with Gasteiger partial charge in [-0.1, -0.05) is 58.4 Å². The van der Waals surface area contributed by atoms with Crippen molar-refractivity contribution in [3.8, 4) is 0 Å². The number of nitrogens with one attached hydrogen (secondary N) is 2. The number of carbonyl (C=O) groups excluding carboxylic acids is 3. The Morgan fingerprint density at radius 3 is 2.44 bits per heavy atom. The van der Waals surface area contributed by atoms with Crippen molar-refractivity contribution in [2.24, 2.45) is 0 Å². The van der Waals surface area contributed by atoms with Crippen LogP contribution in [0.1, 0.15) is 10.5 Å². The van der Waals surface area contributed by atoms with Crippen molar-refractivity contribution in [1.82, 2.24) is 10.3 Å². The van der Waals surface area contributed by atoms with E-state index in [1.165, 1.54) is 11.1 Å². The lowest BCUT2D eigenvalue weighted by molar-refractivity contribution is 0.0723. The van der Waals surface area contributed by atoms with Crippen LogP contribution in [-0.4, -0.2) is 47.8 Å². The lowest BCUT2D eigenvalue weighted by atomic mass is 10.1. The molecule has 0 saturated heterocycles. The number of fused-ring (bicyclic) bond motifs is 1. The molecule has 0 radical (unpaired) electrons. The van der Waals surface area contributed by atoms with E-state index < -0.39 is 24.3 Å². The zero-order valence-corrected chi connectivity index (χ0v) is 24.3. The van der Waals surface area contributed by atoms with E-state index in [4.69, 9.17) is 9.47 Å². The monoisotopic (exact) mass is 702 g/mol. The topological polar surface area (TPSA) is 110 Å². The maximum absolute atomic E-state index is 13.2. The highest BCUT2D eigenvalue weighted by molar-refractivity contribution is 14.1. The summed E-state index contributed by atoms with van der Waals surface area (Å²) in [6.07, 6.45) is -0.837. The number of carbonyl (C=O) groups is 3. The molecule has 11 heteroatoms. The van der Waals surface area contributed by atoms with Gasteiger partial charge in [0.15, 0.2) is 6.23 Å². The first-order valence-electron chi connectivity index (χ1n) is 11.9. The summed E-state index contributed by atoms with van der Waals surface area (Å²) in [5.74, 6) is -0.484. The lowest BCUT2D eigenvalue weighted by Crippen LogP contribution is -2.44. The van der Waals surface area contributed by atoms with E-state index in [1.54, 1.807) is 36.4 Å². The molecule has 1 aromatic heterocycles. The predicted molar refractivity (Wildman–Crippen MR) is 161 cm³/mol. The number of pyridine rings is 1. The van der Waals surface area contributed by atoms with Crippen LogP contribution in [0, 0.1) is 3.57 Å². The molecule has 0 saturated carbocycles. The number of aromatic nitrogens is 1. The highest BCUT2D eigenvalue weighted by Crippen LogP contribution is 2.23. The molecule has 2 N–H and O–H groups in total. The molecule has 4 rings (SSSR count). The average Bonchev–Trinajstić information content (AvgIpc) is 2.96. The molecule has 1 unspecified atom stereocenters. The fourth-order valence-corrected chi connectivity index (χ4v) is 4.31. The van der Waals surface area contributed by atoms with Gasteiger partial charge in [0.25, 0.3) is 5.91 Å². The highest BCUT2D eigenvalue weighted by Gasteiger charge is 2.23. The molecule has 200 valence electrons. The van der Waals surface area contributed by atoms with E-state index in [0.29, 0.717) is 11.4 Å². The minimum atomic E-state index is -0.964. The average molecular weight is 703 g/mol. The molecule has 3 amide bonds. The summed E-state index contributed by atoms with van der Waals surface area (Å²) in [5, 5.41) is 7.41. The number of nitrogens with zero attached hydrogens (tertiary/aromatic N) is 2. The number of halogens is 2. The molecule has 4 aromatic rings. The first kappa shape index (κ1) is 28.3. The summed E-state index contributed by atoms with van der Waals surface area (Å²) in [7, 11) is 0. The van der Waals surface area contributed by atoms with Gasteiger partial charge in [-0.3, -0.25) is 20.0 Å². The maximum atomic E-state index is 13.2. The first-order chi connectivity index (χ1) is 18.9. The van der Waals surface area contributed by atoms with Gasteiger partial charge in [-0.25, -0.2) is 9.59 Å². The minimum absolute atomic E-state index is 0.0194. The van der Waals surface area contributed by atoms with Gasteiger partial charge < -0.3 is 14.8 Å². The smallest absolute Gasteiger partial charge is 0.416 e. The van der Waals surface area contributed by atoms with E-state index in [-0.39, 0.29) is 24.2 Å². The molecular weight excluding hydrogens is 679 g/mol. The summed E-state index contributed by atoms with van der Waals surface area (Å²) < 4.78 is 11.9. The van der Waals surface area contributed by atoms with Gasteiger partial charge in [0.2, 0.25) is 0 Å². The number of hydrogen-bond acceptors (Lipinski definition) is 6. The molecule has 1 atom stereocenters. The van der Waals surface area contributed by atoms with Crippen LogP contribution in [0.15, 0.2) is 91.1 Å². The second kappa shape index (κ2) is 13.9. The van der Waals surface area contributed by atoms with Crippen LogP contribution >= 0.6 is 38.5 Å². The van der Waals surface area contributed by atoms with Crippen LogP contribution in [-0.2, 0) is 9.47 Å².